The van der Waals surface area contributed by atoms with E-state index in [0.717, 1.165) is 37.4 Å². The maximum Gasteiger partial charge on any atom is 0.218 e. The highest BCUT2D eigenvalue weighted by molar-refractivity contribution is 14.1. The second-order valence-corrected chi connectivity index (χ2v) is 6.64. The van der Waals surface area contributed by atoms with Gasteiger partial charge in [-0.3, -0.25) is 0 Å². The van der Waals surface area contributed by atoms with Gasteiger partial charge >= 0.3 is 0 Å². The van der Waals surface area contributed by atoms with Crippen molar-refractivity contribution in [3.05, 3.63) is 39.7 Å². The number of rotatable bonds is 4. The zero-order valence-corrected chi connectivity index (χ0v) is 14.6. The van der Waals surface area contributed by atoms with Crippen LogP contribution in [0.15, 0.2) is 30.6 Å². The Morgan fingerprint density at radius 1 is 1.23 bits per heavy atom. The summed E-state index contributed by atoms with van der Waals surface area (Å²) in [5.41, 5.74) is 2.23. The summed E-state index contributed by atoms with van der Waals surface area (Å²) in [6.45, 7) is 4.09. The van der Waals surface area contributed by atoms with Crippen LogP contribution in [-0.4, -0.2) is 29.2 Å². The number of aryl methyl sites for hydroxylation is 1. The van der Waals surface area contributed by atoms with Crippen LogP contribution < -0.4 is 15.4 Å². The average Bonchev–Trinajstić information content (AvgIpc) is 2.52. The molecule has 2 heterocycles. The molecule has 1 aliphatic rings. The number of piperidine rings is 1. The van der Waals surface area contributed by atoms with Gasteiger partial charge in [0.1, 0.15) is 18.2 Å². The molecule has 1 aliphatic heterocycles. The van der Waals surface area contributed by atoms with E-state index >= 15 is 0 Å². The average molecular weight is 410 g/mol. The molecular weight excluding hydrogens is 391 g/mol. The largest absolute Gasteiger partial charge is 0.474 e. The summed E-state index contributed by atoms with van der Waals surface area (Å²) in [7, 11) is 0. The van der Waals surface area contributed by atoms with Crippen molar-refractivity contribution in [3.8, 4) is 5.88 Å². The number of hydrogen-bond acceptors (Lipinski definition) is 5. The first-order valence-electron chi connectivity index (χ1n) is 7.43. The molecule has 116 valence electrons. The van der Waals surface area contributed by atoms with Gasteiger partial charge in [-0.1, -0.05) is 0 Å². The molecule has 0 bridgehead atoms. The standard InChI is InChI=1S/C16H19IN4O/c1-11-8-12(17)2-3-14(11)21-15-9-16(20-10-19-15)22-13-4-6-18-7-5-13/h2-3,8-10,13,18H,4-7H2,1H3,(H,19,20,21). The van der Waals surface area contributed by atoms with Gasteiger partial charge in [0.05, 0.1) is 0 Å². The van der Waals surface area contributed by atoms with Crippen LogP contribution in [0.1, 0.15) is 18.4 Å². The van der Waals surface area contributed by atoms with Crippen LogP contribution in [0.2, 0.25) is 0 Å². The summed E-state index contributed by atoms with van der Waals surface area (Å²) in [6, 6.07) is 8.13. The van der Waals surface area contributed by atoms with Crippen LogP contribution in [0.25, 0.3) is 0 Å². The predicted octanol–water partition coefficient (Wildman–Crippen LogP) is 3.26. The number of anilines is 2. The first kappa shape index (κ1) is 15.5. The highest BCUT2D eigenvalue weighted by Crippen LogP contribution is 2.23. The molecule has 2 aromatic rings. The van der Waals surface area contributed by atoms with Gasteiger partial charge in [-0.25, -0.2) is 9.97 Å². The van der Waals surface area contributed by atoms with Crippen LogP contribution in [0, 0.1) is 10.5 Å². The fourth-order valence-electron chi connectivity index (χ4n) is 2.46. The van der Waals surface area contributed by atoms with E-state index in [1.165, 1.54) is 9.13 Å². The monoisotopic (exact) mass is 410 g/mol. The molecule has 0 aliphatic carbocycles. The lowest BCUT2D eigenvalue weighted by Crippen LogP contribution is -2.34. The molecule has 1 aromatic carbocycles. The van der Waals surface area contributed by atoms with Crippen molar-refractivity contribution in [2.24, 2.45) is 0 Å². The molecule has 5 nitrogen and oxygen atoms in total. The number of ether oxygens (including phenoxy) is 1. The van der Waals surface area contributed by atoms with E-state index < -0.39 is 0 Å². The molecule has 3 rings (SSSR count). The van der Waals surface area contributed by atoms with Gasteiger partial charge < -0.3 is 15.4 Å². The van der Waals surface area contributed by atoms with Crippen LogP contribution in [-0.2, 0) is 0 Å². The summed E-state index contributed by atoms with van der Waals surface area (Å²) >= 11 is 2.31. The molecule has 1 fully saturated rings. The van der Waals surface area contributed by atoms with Crippen LogP contribution in [0.5, 0.6) is 5.88 Å². The van der Waals surface area contributed by atoms with Crippen molar-refractivity contribution in [1.29, 1.82) is 0 Å². The van der Waals surface area contributed by atoms with Gasteiger partial charge in [0.2, 0.25) is 5.88 Å². The number of benzene rings is 1. The van der Waals surface area contributed by atoms with E-state index in [2.05, 4.69) is 68.3 Å². The second-order valence-electron chi connectivity index (χ2n) is 5.39. The lowest BCUT2D eigenvalue weighted by Gasteiger charge is -2.23. The Morgan fingerprint density at radius 3 is 2.82 bits per heavy atom. The van der Waals surface area contributed by atoms with Gasteiger partial charge in [-0.15, -0.1) is 0 Å². The Bertz CT molecular complexity index is 644. The predicted molar refractivity (Wildman–Crippen MR) is 95.7 cm³/mol. The Morgan fingerprint density at radius 2 is 2.05 bits per heavy atom. The van der Waals surface area contributed by atoms with Crippen LogP contribution in [0.4, 0.5) is 11.5 Å². The van der Waals surface area contributed by atoms with Crippen molar-refractivity contribution >= 4 is 34.1 Å². The molecule has 1 aromatic heterocycles. The summed E-state index contributed by atoms with van der Waals surface area (Å²) in [5, 5.41) is 6.66. The second kappa shape index (κ2) is 7.23. The lowest BCUT2D eigenvalue weighted by molar-refractivity contribution is 0.156. The third-order valence-electron chi connectivity index (χ3n) is 3.67. The molecule has 0 saturated carbocycles. The molecule has 0 atom stereocenters. The summed E-state index contributed by atoms with van der Waals surface area (Å²) < 4.78 is 7.17. The van der Waals surface area contributed by atoms with Gasteiger partial charge in [0, 0.05) is 15.3 Å². The molecule has 22 heavy (non-hydrogen) atoms. The lowest BCUT2D eigenvalue weighted by atomic mass is 10.1. The van der Waals surface area contributed by atoms with E-state index in [9.17, 15) is 0 Å². The van der Waals surface area contributed by atoms with Crippen molar-refractivity contribution < 1.29 is 4.74 Å². The number of nitrogens with one attached hydrogen (secondary N) is 2. The minimum Gasteiger partial charge on any atom is -0.474 e. The van der Waals surface area contributed by atoms with E-state index in [4.69, 9.17) is 4.74 Å². The molecular formula is C16H19IN4O. The van der Waals surface area contributed by atoms with E-state index in [0.29, 0.717) is 5.88 Å². The quantitative estimate of drug-likeness (QED) is 0.758. The zero-order chi connectivity index (χ0) is 15.4. The van der Waals surface area contributed by atoms with Crippen molar-refractivity contribution in [2.45, 2.75) is 25.9 Å². The number of hydrogen-bond donors (Lipinski definition) is 2. The number of aromatic nitrogens is 2. The van der Waals surface area contributed by atoms with Crippen molar-refractivity contribution in [2.75, 3.05) is 18.4 Å². The highest BCUT2D eigenvalue weighted by Gasteiger charge is 2.15. The fraction of sp³-hybridized carbons (Fsp3) is 0.375. The highest BCUT2D eigenvalue weighted by atomic mass is 127. The van der Waals surface area contributed by atoms with Crippen molar-refractivity contribution in [3.63, 3.8) is 0 Å². The molecule has 0 radical (unpaired) electrons. The fourth-order valence-corrected chi connectivity index (χ4v) is 3.11. The Balaban J connectivity index is 1.70. The third-order valence-corrected chi connectivity index (χ3v) is 4.34. The molecule has 0 unspecified atom stereocenters. The van der Waals surface area contributed by atoms with Gasteiger partial charge in [0.25, 0.3) is 0 Å². The smallest absolute Gasteiger partial charge is 0.218 e. The van der Waals surface area contributed by atoms with Crippen LogP contribution in [0.3, 0.4) is 0 Å². The minimum atomic E-state index is 0.240. The topological polar surface area (TPSA) is 59.1 Å². The van der Waals surface area contributed by atoms with Gasteiger partial charge in [-0.05, 0) is 79.2 Å². The minimum absolute atomic E-state index is 0.240. The SMILES string of the molecule is Cc1cc(I)ccc1Nc1cc(OC2CCNCC2)ncn1. The maximum absolute atomic E-state index is 5.95. The van der Waals surface area contributed by atoms with E-state index in [-0.39, 0.29) is 6.10 Å². The first-order chi connectivity index (χ1) is 10.7. The van der Waals surface area contributed by atoms with Crippen molar-refractivity contribution in [1.82, 2.24) is 15.3 Å². The van der Waals surface area contributed by atoms with Crippen LogP contribution >= 0.6 is 22.6 Å². The zero-order valence-electron chi connectivity index (χ0n) is 12.5. The van der Waals surface area contributed by atoms with E-state index in [1.54, 1.807) is 6.33 Å². The summed E-state index contributed by atoms with van der Waals surface area (Å²) in [4.78, 5) is 8.49. The molecule has 0 spiro atoms. The van der Waals surface area contributed by atoms with Gasteiger partial charge in [-0.2, -0.15) is 0 Å². The van der Waals surface area contributed by atoms with E-state index in [1.807, 2.05) is 6.07 Å². The normalized spacial score (nSPS) is 15.5. The first-order valence-corrected chi connectivity index (χ1v) is 8.51. The van der Waals surface area contributed by atoms with Gasteiger partial charge in [0.15, 0.2) is 0 Å². The summed E-state index contributed by atoms with van der Waals surface area (Å²) in [5.74, 6) is 1.39. The summed E-state index contributed by atoms with van der Waals surface area (Å²) in [6.07, 6.45) is 3.82. The Labute approximate surface area is 144 Å². The molecule has 6 heteroatoms. The Kier molecular flexibility index (Phi) is 5.09. The number of halogens is 1. The Hall–Kier alpha value is -1.41. The molecule has 1 saturated heterocycles. The maximum atomic E-state index is 5.95. The third kappa shape index (κ3) is 4.07. The number of nitrogens with zero attached hydrogens (tertiary/aromatic N) is 2. The molecule has 2 N–H and O–H groups in total. The molecule has 0 amide bonds.